The van der Waals surface area contributed by atoms with Gasteiger partial charge in [0.05, 0.1) is 12.0 Å². The Kier molecular flexibility index (Phi) is 7.02. The van der Waals surface area contributed by atoms with Crippen LogP contribution in [-0.2, 0) is 16.0 Å². The van der Waals surface area contributed by atoms with Crippen molar-refractivity contribution in [3.63, 3.8) is 0 Å². The standard InChI is InChI=1S/C16H22FNO3/c1-2-3-7-14(18)15(19)10-12(16(20)21)8-11-5-4-6-13(17)9-11/h4-6,9,12,14H,2-3,7-8,10,18H2,1H3,(H,20,21)/t12?,14-/m0/s1. The van der Waals surface area contributed by atoms with Gasteiger partial charge in [0, 0.05) is 6.42 Å². The predicted molar refractivity (Wildman–Crippen MR) is 78.4 cm³/mol. The zero-order chi connectivity index (χ0) is 15.8. The fraction of sp³-hybridized carbons (Fsp3) is 0.500. The molecule has 0 spiro atoms. The van der Waals surface area contributed by atoms with Crippen LogP contribution in [0.1, 0.15) is 38.2 Å². The summed E-state index contributed by atoms with van der Waals surface area (Å²) in [6, 6.07) is 5.15. The van der Waals surface area contributed by atoms with Crippen LogP contribution in [0.2, 0.25) is 0 Å². The molecule has 1 rings (SSSR count). The Morgan fingerprint density at radius 2 is 2.10 bits per heavy atom. The third-order valence-electron chi connectivity index (χ3n) is 3.45. The number of ketones is 1. The van der Waals surface area contributed by atoms with Gasteiger partial charge < -0.3 is 10.8 Å². The van der Waals surface area contributed by atoms with Gasteiger partial charge in [-0.25, -0.2) is 4.39 Å². The number of halogens is 1. The fourth-order valence-corrected chi connectivity index (χ4v) is 2.17. The van der Waals surface area contributed by atoms with Crippen molar-refractivity contribution in [2.75, 3.05) is 0 Å². The minimum Gasteiger partial charge on any atom is -0.481 e. The van der Waals surface area contributed by atoms with Crippen molar-refractivity contribution in [3.05, 3.63) is 35.6 Å². The molecule has 0 heterocycles. The molecule has 5 heteroatoms. The van der Waals surface area contributed by atoms with Crippen molar-refractivity contribution >= 4 is 11.8 Å². The van der Waals surface area contributed by atoms with Crippen molar-refractivity contribution in [3.8, 4) is 0 Å². The van der Waals surface area contributed by atoms with Crippen molar-refractivity contribution in [2.45, 2.75) is 45.1 Å². The van der Waals surface area contributed by atoms with Gasteiger partial charge >= 0.3 is 5.97 Å². The molecule has 1 aromatic carbocycles. The third kappa shape index (κ3) is 6.04. The average Bonchev–Trinajstić information content (AvgIpc) is 2.43. The van der Waals surface area contributed by atoms with Gasteiger partial charge in [0.15, 0.2) is 0 Å². The van der Waals surface area contributed by atoms with Gasteiger partial charge in [0.2, 0.25) is 0 Å². The Hall–Kier alpha value is -1.75. The highest BCUT2D eigenvalue weighted by Crippen LogP contribution is 2.16. The Morgan fingerprint density at radius 3 is 2.67 bits per heavy atom. The molecule has 0 saturated heterocycles. The van der Waals surface area contributed by atoms with Crippen LogP contribution in [0.15, 0.2) is 24.3 Å². The molecule has 3 N–H and O–H groups in total. The van der Waals surface area contributed by atoms with E-state index in [-0.39, 0.29) is 18.6 Å². The van der Waals surface area contributed by atoms with E-state index in [2.05, 4.69) is 0 Å². The number of nitrogens with two attached hydrogens (primary N) is 1. The first kappa shape index (κ1) is 17.3. The van der Waals surface area contributed by atoms with Gasteiger partial charge in [0.25, 0.3) is 0 Å². The van der Waals surface area contributed by atoms with Crippen LogP contribution in [0.5, 0.6) is 0 Å². The lowest BCUT2D eigenvalue weighted by Crippen LogP contribution is -2.33. The molecule has 0 fully saturated rings. The van der Waals surface area contributed by atoms with E-state index in [0.29, 0.717) is 12.0 Å². The Balaban J connectivity index is 2.65. The Bertz CT molecular complexity index is 490. The summed E-state index contributed by atoms with van der Waals surface area (Å²) in [6.45, 7) is 2.00. The summed E-state index contributed by atoms with van der Waals surface area (Å²) in [5.74, 6) is -2.59. The van der Waals surface area contributed by atoms with E-state index in [4.69, 9.17) is 5.73 Å². The number of unbranched alkanes of at least 4 members (excludes halogenated alkanes) is 1. The Labute approximate surface area is 124 Å². The van der Waals surface area contributed by atoms with Crippen LogP contribution in [0.4, 0.5) is 4.39 Å². The first-order chi connectivity index (χ1) is 9.93. The highest BCUT2D eigenvalue weighted by Gasteiger charge is 2.24. The lowest BCUT2D eigenvalue weighted by molar-refractivity contribution is -0.143. The van der Waals surface area contributed by atoms with Crippen molar-refractivity contribution in [2.24, 2.45) is 11.7 Å². The molecule has 0 amide bonds. The summed E-state index contributed by atoms with van der Waals surface area (Å²) >= 11 is 0. The lowest BCUT2D eigenvalue weighted by atomic mass is 9.91. The van der Waals surface area contributed by atoms with Crippen molar-refractivity contribution in [1.82, 2.24) is 0 Å². The molecule has 0 aliphatic rings. The van der Waals surface area contributed by atoms with E-state index < -0.39 is 23.7 Å². The number of Topliss-reactive ketones (excluding diaryl/α,β-unsaturated/α-hetero) is 1. The van der Waals surface area contributed by atoms with E-state index in [9.17, 15) is 19.1 Å². The minimum atomic E-state index is -1.06. The second-order valence-corrected chi connectivity index (χ2v) is 5.29. The number of aliphatic carboxylic acids is 1. The van der Waals surface area contributed by atoms with E-state index in [1.165, 1.54) is 18.2 Å². The van der Waals surface area contributed by atoms with Crippen LogP contribution in [0.25, 0.3) is 0 Å². The first-order valence-electron chi connectivity index (χ1n) is 7.19. The van der Waals surface area contributed by atoms with Crippen LogP contribution in [0, 0.1) is 11.7 Å². The van der Waals surface area contributed by atoms with Gasteiger partial charge in [0.1, 0.15) is 11.6 Å². The zero-order valence-corrected chi connectivity index (χ0v) is 12.2. The molecule has 0 aromatic heterocycles. The molecule has 0 aliphatic carbocycles. The molecular weight excluding hydrogens is 273 g/mol. The zero-order valence-electron chi connectivity index (χ0n) is 12.2. The predicted octanol–water partition coefficient (Wildman–Crippen LogP) is 2.55. The Morgan fingerprint density at radius 1 is 1.38 bits per heavy atom. The largest absolute Gasteiger partial charge is 0.481 e. The quantitative estimate of drug-likeness (QED) is 0.733. The van der Waals surface area contributed by atoms with Crippen LogP contribution < -0.4 is 5.73 Å². The van der Waals surface area contributed by atoms with Crippen LogP contribution >= 0.6 is 0 Å². The lowest BCUT2D eigenvalue weighted by Gasteiger charge is -2.15. The van der Waals surface area contributed by atoms with E-state index >= 15 is 0 Å². The van der Waals surface area contributed by atoms with Crippen molar-refractivity contribution in [1.29, 1.82) is 0 Å². The molecule has 1 aromatic rings. The summed E-state index contributed by atoms with van der Waals surface area (Å²) in [5, 5.41) is 9.22. The molecule has 0 radical (unpaired) electrons. The van der Waals surface area contributed by atoms with Gasteiger partial charge in [-0.3, -0.25) is 9.59 Å². The summed E-state index contributed by atoms with van der Waals surface area (Å²) < 4.78 is 13.1. The highest BCUT2D eigenvalue weighted by molar-refractivity contribution is 5.87. The fourth-order valence-electron chi connectivity index (χ4n) is 2.17. The summed E-state index contributed by atoms with van der Waals surface area (Å²) in [6.07, 6.45) is 2.36. The number of rotatable bonds is 9. The molecule has 0 bridgehead atoms. The number of hydrogen-bond donors (Lipinski definition) is 2. The molecule has 116 valence electrons. The second kappa shape index (κ2) is 8.52. The number of benzene rings is 1. The maximum atomic E-state index is 13.1. The highest BCUT2D eigenvalue weighted by atomic mass is 19.1. The summed E-state index contributed by atoms with van der Waals surface area (Å²) in [4.78, 5) is 23.2. The molecule has 0 aliphatic heterocycles. The number of carboxylic acid groups (broad SMARTS) is 1. The van der Waals surface area contributed by atoms with Gasteiger partial charge in [-0.1, -0.05) is 31.9 Å². The molecule has 4 nitrogen and oxygen atoms in total. The van der Waals surface area contributed by atoms with Crippen LogP contribution in [0.3, 0.4) is 0 Å². The summed E-state index contributed by atoms with van der Waals surface area (Å²) in [5.41, 5.74) is 6.33. The van der Waals surface area contributed by atoms with E-state index in [0.717, 1.165) is 12.8 Å². The number of carbonyl (C=O) groups excluding carboxylic acids is 1. The molecule has 2 atom stereocenters. The smallest absolute Gasteiger partial charge is 0.307 e. The average molecular weight is 295 g/mol. The molecular formula is C16H22FNO3. The molecule has 21 heavy (non-hydrogen) atoms. The maximum absolute atomic E-state index is 13.1. The topological polar surface area (TPSA) is 80.4 Å². The third-order valence-corrected chi connectivity index (χ3v) is 3.45. The van der Waals surface area contributed by atoms with Gasteiger partial charge in [-0.2, -0.15) is 0 Å². The second-order valence-electron chi connectivity index (χ2n) is 5.29. The number of carboxylic acids is 1. The molecule has 0 saturated carbocycles. The first-order valence-corrected chi connectivity index (χ1v) is 7.19. The monoisotopic (exact) mass is 295 g/mol. The SMILES string of the molecule is CCCC[C@H](N)C(=O)CC(Cc1cccc(F)c1)C(=O)O. The normalized spacial score (nSPS) is 13.7. The van der Waals surface area contributed by atoms with Crippen molar-refractivity contribution < 1.29 is 19.1 Å². The van der Waals surface area contributed by atoms with E-state index in [1.54, 1.807) is 6.07 Å². The van der Waals surface area contributed by atoms with Crippen LogP contribution in [-0.4, -0.2) is 22.9 Å². The van der Waals surface area contributed by atoms with Gasteiger partial charge in [-0.05, 0) is 30.5 Å². The number of carbonyl (C=O) groups is 2. The van der Waals surface area contributed by atoms with E-state index in [1.807, 2.05) is 6.92 Å². The molecule has 1 unspecified atom stereocenters. The summed E-state index contributed by atoms with van der Waals surface area (Å²) in [7, 11) is 0. The number of hydrogen-bond acceptors (Lipinski definition) is 3. The maximum Gasteiger partial charge on any atom is 0.307 e. The van der Waals surface area contributed by atoms with Gasteiger partial charge in [-0.15, -0.1) is 0 Å². The minimum absolute atomic E-state index is 0.114.